The van der Waals surface area contributed by atoms with Crippen LogP contribution in [0.25, 0.3) is 11.1 Å². The smallest absolute Gasteiger partial charge is 0.300 e. The standard InChI is InChI=1S/C12H11NO.C2H4O2/c1-14-12-5-3-2-4-11(12)10-6-8-13-9-7-10;1-2(3)4/h2-9H,1H3;1H3,(H,3,4). The van der Waals surface area contributed by atoms with Crippen LogP contribution < -0.4 is 4.74 Å². The number of aromatic nitrogens is 1. The number of aliphatic carboxylic acids is 1. The van der Waals surface area contributed by atoms with Crippen molar-refractivity contribution in [3.05, 3.63) is 48.8 Å². The average Bonchev–Trinajstić information content (AvgIpc) is 2.39. The highest BCUT2D eigenvalue weighted by molar-refractivity contribution is 5.69. The van der Waals surface area contributed by atoms with Gasteiger partial charge in [0.2, 0.25) is 0 Å². The van der Waals surface area contributed by atoms with Gasteiger partial charge in [-0.2, -0.15) is 0 Å². The summed E-state index contributed by atoms with van der Waals surface area (Å²) in [6.45, 7) is 1.08. The van der Waals surface area contributed by atoms with Crippen molar-refractivity contribution in [2.24, 2.45) is 0 Å². The van der Waals surface area contributed by atoms with Crippen LogP contribution in [0.5, 0.6) is 5.75 Å². The van der Waals surface area contributed by atoms with Crippen molar-refractivity contribution in [3.8, 4) is 16.9 Å². The van der Waals surface area contributed by atoms with Crippen LogP contribution in [0, 0.1) is 0 Å². The highest BCUT2D eigenvalue weighted by atomic mass is 16.5. The van der Waals surface area contributed by atoms with Crippen molar-refractivity contribution >= 4 is 5.97 Å². The van der Waals surface area contributed by atoms with Gasteiger partial charge in [0.1, 0.15) is 5.75 Å². The Morgan fingerprint density at radius 1 is 1.17 bits per heavy atom. The summed E-state index contributed by atoms with van der Waals surface area (Å²) in [6, 6.07) is 11.9. The first-order chi connectivity index (χ1) is 8.65. The molecule has 0 spiro atoms. The molecule has 0 aliphatic carbocycles. The second-order valence-electron chi connectivity index (χ2n) is 3.46. The van der Waals surface area contributed by atoms with Gasteiger partial charge >= 0.3 is 0 Å². The molecule has 94 valence electrons. The van der Waals surface area contributed by atoms with E-state index in [1.807, 2.05) is 36.4 Å². The maximum Gasteiger partial charge on any atom is 0.300 e. The molecule has 0 saturated heterocycles. The summed E-state index contributed by atoms with van der Waals surface area (Å²) in [5.41, 5.74) is 2.22. The molecule has 0 amide bonds. The second kappa shape index (κ2) is 7.06. The number of carbonyl (C=O) groups is 1. The molecule has 0 fully saturated rings. The first-order valence-corrected chi connectivity index (χ1v) is 5.38. The molecule has 2 rings (SSSR count). The molecule has 18 heavy (non-hydrogen) atoms. The number of carboxylic acids is 1. The lowest BCUT2D eigenvalue weighted by molar-refractivity contribution is -0.134. The number of benzene rings is 1. The van der Waals surface area contributed by atoms with Crippen molar-refractivity contribution in [2.45, 2.75) is 6.92 Å². The number of para-hydroxylation sites is 1. The van der Waals surface area contributed by atoms with Crippen LogP contribution in [-0.2, 0) is 4.79 Å². The van der Waals surface area contributed by atoms with Gasteiger partial charge in [-0.3, -0.25) is 9.78 Å². The van der Waals surface area contributed by atoms with Gasteiger partial charge in [-0.25, -0.2) is 0 Å². The van der Waals surface area contributed by atoms with E-state index in [4.69, 9.17) is 14.6 Å². The van der Waals surface area contributed by atoms with Crippen molar-refractivity contribution in [1.29, 1.82) is 0 Å². The molecular weight excluding hydrogens is 230 g/mol. The SMILES string of the molecule is CC(=O)O.COc1ccccc1-c1ccncc1. The third kappa shape index (κ3) is 4.25. The van der Waals surface area contributed by atoms with Crippen LogP contribution in [0.4, 0.5) is 0 Å². The van der Waals surface area contributed by atoms with Crippen molar-refractivity contribution in [2.75, 3.05) is 7.11 Å². The van der Waals surface area contributed by atoms with Gasteiger partial charge in [0, 0.05) is 24.9 Å². The van der Waals surface area contributed by atoms with E-state index < -0.39 is 5.97 Å². The van der Waals surface area contributed by atoms with Crippen LogP contribution in [0.1, 0.15) is 6.92 Å². The van der Waals surface area contributed by atoms with Crippen molar-refractivity contribution in [1.82, 2.24) is 4.98 Å². The summed E-state index contributed by atoms with van der Waals surface area (Å²) in [7, 11) is 1.68. The molecule has 1 aromatic heterocycles. The van der Waals surface area contributed by atoms with E-state index in [1.54, 1.807) is 19.5 Å². The molecule has 0 atom stereocenters. The second-order valence-corrected chi connectivity index (χ2v) is 3.46. The number of carboxylic acid groups (broad SMARTS) is 1. The summed E-state index contributed by atoms with van der Waals surface area (Å²) >= 11 is 0. The maximum absolute atomic E-state index is 9.00. The Labute approximate surface area is 106 Å². The van der Waals surface area contributed by atoms with E-state index in [9.17, 15) is 0 Å². The van der Waals surface area contributed by atoms with E-state index in [1.165, 1.54) is 0 Å². The Bertz CT molecular complexity index is 493. The highest BCUT2D eigenvalue weighted by Crippen LogP contribution is 2.28. The topological polar surface area (TPSA) is 59.4 Å². The summed E-state index contributed by atoms with van der Waals surface area (Å²) in [6.07, 6.45) is 3.56. The van der Waals surface area contributed by atoms with Gasteiger partial charge in [0.05, 0.1) is 7.11 Å². The van der Waals surface area contributed by atoms with Crippen LogP contribution in [0.2, 0.25) is 0 Å². The number of nitrogens with zero attached hydrogens (tertiary/aromatic N) is 1. The molecule has 0 aliphatic heterocycles. The lowest BCUT2D eigenvalue weighted by atomic mass is 10.1. The maximum atomic E-state index is 9.00. The molecule has 0 bridgehead atoms. The largest absolute Gasteiger partial charge is 0.496 e. The zero-order valence-electron chi connectivity index (χ0n) is 10.3. The van der Waals surface area contributed by atoms with Gasteiger partial charge in [-0.1, -0.05) is 18.2 Å². The Balaban J connectivity index is 0.000000357. The van der Waals surface area contributed by atoms with Gasteiger partial charge in [0.15, 0.2) is 0 Å². The average molecular weight is 245 g/mol. The minimum absolute atomic E-state index is 0.833. The number of pyridine rings is 1. The molecule has 2 aromatic rings. The monoisotopic (exact) mass is 245 g/mol. The summed E-state index contributed by atoms with van der Waals surface area (Å²) < 4.78 is 5.28. The summed E-state index contributed by atoms with van der Waals surface area (Å²) in [5.74, 6) is 0.0544. The van der Waals surface area contributed by atoms with Crippen LogP contribution in [-0.4, -0.2) is 23.2 Å². The van der Waals surface area contributed by atoms with Gasteiger partial charge < -0.3 is 9.84 Å². The lowest BCUT2D eigenvalue weighted by Crippen LogP contribution is -1.86. The van der Waals surface area contributed by atoms with E-state index in [2.05, 4.69) is 4.98 Å². The molecule has 4 heteroatoms. The Morgan fingerprint density at radius 2 is 1.72 bits per heavy atom. The fraction of sp³-hybridized carbons (Fsp3) is 0.143. The predicted molar refractivity (Wildman–Crippen MR) is 69.5 cm³/mol. The normalized spacial score (nSPS) is 9.00. The quantitative estimate of drug-likeness (QED) is 0.883. The molecule has 1 heterocycles. The van der Waals surface area contributed by atoms with E-state index in [0.717, 1.165) is 23.8 Å². The summed E-state index contributed by atoms with van der Waals surface area (Å²) in [4.78, 5) is 13.0. The predicted octanol–water partition coefficient (Wildman–Crippen LogP) is 2.85. The zero-order chi connectivity index (χ0) is 13.4. The van der Waals surface area contributed by atoms with E-state index in [0.29, 0.717) is 0 Å². The zero-order valence-corrected chi connectivity index (χ0v) is 10.3. The fourth-order valence-corrected chi connectivity index (χ4v) is 1.41. The van der Waals surface area contributed by atoms with Crippen molar-refractivity contribution in [3.63, 3.8) is 0 Å². The minimum Gasteiger partial charge on any atom is -0.496 e. The molecule has 1 aromatic carbocycles. The first kappa shape index (κ1) is 13.7. The number of ether oxygens (including phenoxy) is 1. The van der Waals surface area contributed by atoms with Gasteiger partial charge in [-0.05, 0) is 23.8 Å². The first-order valence-electron chi connectivity index (χ1n) is 5.38. The van der Waals surface area contributed by atoms with Crippen LogP contribution in [0.15, 0.2) is 48.8 Å². The number of rotatable bonds is 2. The third-order valence-electron chi connectivity index (χ3n) is 2.10. The van der Waals surface area contributed by atoms with Gasteiger partial charge in [0.25, 0.3) is 5.97 Å². The van der Waals surface area contributed by atoms with Crippen molar-refractivity contribution < 1.29 is 14.6 Å². The molecular formula is C14H15NO3. The van der Waals surface area contributed by atoms with E-state index >= 15 is 0 Å². The van der Waals surface area contributed by atoms with Crippen LogP contribution >= 0.6 is 0 Å². The lowest BCUT2D eigenvalue weighted by Gasteiger charge is -2.07. The molecule has 0 saturated carbocycles. The van der Waals surface area contributed by atoms with Crippen LogP contribution in [0.3, 0.4) is 0 Å². The fourth-order valence-electron chi connectivity index (χ4n) is 1.41. The number of hydrogen-bond donors (Lipinski definition) is 1. The molecule has 1 N–H and O–H groups in total. The summed E-state index contributed by atoms with van der Waals surface area (Å²) in [5, 5.41) is 7.42. The molecule has 4 nitrogen and oxygen atoms in total. The Hall–Kier alpha value is -2.36. The number of hydrogen-bond acceptors (Lipinski definition) is 3. The molecule has 0 radical (unpaired) electrons. The third-order valence-corrected chi connectivity index (χ3v) is 2.10. The van der Waals surface area contributed by atoms with E-state index in [-0.39, 0.29) is 0 Å². The Kier molecular flexibility index (Phi) is 5.38. The number of methoxy groups -OCH3 is 1. The van der Waals surface area contributed by atoms with Gasteiger partial charge in [-0.15, -0.1) is 0 Å². The Morgan fingerprint density at radius 3 is 2.28 bits per heavy atom. The highest BCUT2D eigenvalue weighted by Gasteiger charge is 2.02. The molecule has 0 aliphatic rings. The molecule has 0 unspecified atom stereocenters. The minimum atomic E-state index is -0.833.